The van der Waals surface area contributed by atoms with Crippen molar-refractivity contribution >= 4 is 23.6 Å². The van der Waals surface area contributed by atoms with Crippen LogP contribution in [0.3, 0.4) is 0 Å². The van der Waals surface area contributed by atoms with Gasteiger partial charge in [0, 0.05) is 30.1 Å². The van der Waals surface area contributed by atoms with Crippen LogP contribution in [0.4, 0.5) is 0 Å². The summed E-state index contributed by atoms with van der Waals surface area (Å²) in [5.41, 5.74) is 2.92. The molecule has 1 aromatic heterocycles. The van der Waals surface area contributed by atoms with Crippen LogP contribution in [0.15, 0.2) is 24.3 Å². The smallest absolute Gasteiger partial charge is 0.338 e. The third-order valence-electron chi connectivity index (χ3n) is 6.27. The number of esters is 1. The zero-order valence-corrected chi connectivity index (χ0v) is 19.2. The number of rotatable bonds is 8. The van der Waals surface area contributed by atoms with Crippen molar-refractivity contribution in [3.05, 3.63) is 57.9 Å². The summed E-state index contributed by atoms with van der Waals surface area (Å²) in [6, 6.07) is 6.08. The van der Waals surface area contributed by atoms with Crippen LogP contribution >= 0.6 is 0 Å². The lowest BCUT2D eigenvalue weighted by Gasteiger charge is -2.17. The lowest BCUT2D eigenvalue weighted by atomic mass is 10.1. The minimum atomic E-state index is -0.716. The van der Waals surface area contributed by atoms with Crippen molar-refractivity contribution in [1.82, 2.24) is 9.47 Å². The number of benzene rings is 1. The molecule has 0 N–H and O–H groups in total. The first kappa shape index (κ1) is 22.9. The van der Waals surface area contributed by atoms with Gasteiger partial charge in [0.05, 0.1) is 29.3 Å². The Morgan fingerprint density at radius 2 is 1.88 bits per heavy atom. The van der Waals surface area contributed by atoms with Gasteiger partial charge >= 0.3 is 5.97 Å². The van der Waals surface area contributed by atoms with Gasteiger partial charge in [-0.1, -0.05) is 6.92 Å². The topological polar surface area (TPSA) is 94.9 Å². The largest absolute Gasteiger partial charge is 0.454 e. The predicted molar refractivity (Wildman–Crippen MR) is 120 cm³/mol. The van der Waals surface area contributed by atoms with E-state index in [-0.39, 0.29) is 41.0 Å². The molecule has 1 aromatic carbocycles. The fourth-order valence-corrected chi connectivity index (χ4v) is 4.52. The molecule has 0 radical (unpaired) electrons. The first-order chi connectivity index (χ1) is 15.8. The van der Waals surface area contributed by atoms with E-state index in [1.807, 2.05) is 19.9 Å². The molecule has 0 bridgehead atoms. The molecule has 1 atom stereocenters. The monoisotopic (exact) mass is 452 g/mol. The van der Waals surface area contributed by atoms with E-state index in [1.54, 1.807) is 0 Å². The number of nitrogens with zero attached hydrogens (tertiary/aromatic N) is 2. The number of hydrogen-bond acceptors (Lipinski definition) is 6. The second-order valence-corrected chi connectivity index (χ2v) is 8.55. The molecule has 8 heteroatoms. The minimum Gasteiger partial charge on any atom is -0.454 e. The van der Waals surface area contributed by atoms with Crippen molar-refractivity contribution in [3.63, 3.8) is 0 Å². The molecule has 1 unspecified atom stereocenters. The number of carbonyl (C=O) groups excluding carboxylic acids is 4. The lowest BCUT2D eigenvalue weighted by Crippen LogP contribution is -2.36. The zero-order chi connectivity index (χ0) is 23.7. The molecular formula is C25H28N2O6. The van der Waals surface area contributed by atoms with Gasteiger partial charge in [-0.25, -0.2) is 4.79 Å². The lowest BCUT2D eigenvalue weighted by molar-refractivity contribution is 0.0473. The Hall–Kier alpha value is -3.26. The van der Waals surface area contributed by atoms with E-state index >= 15 is 0 Å². The van der Waals surface area contributed by atoms with Crippen molar-refractivity contribution < 1.29 is 28.7 Å². The quantitative estimate of drug-likeness (QED) is 0.346. The molecule has 174 valence electrons. The summed E-state index contributed by atoms with van der Waals surface area (Å²) in [6.45, 7) is 7.14. The van der Waals surface area contributed by atoms with Crippen molar-refractivity contribution in [2.45, 2.75) is 52.7 Å². The average Bonchev–Trinajstić information content (AvgIpc) is 3.48. The molecule has 0 saturated carbocycles. The summed E-state index contributed by atoms with van der Waals surface area (Å²) in [5, 5.41) is 0. The van der Waals surface area contributed by atoms with Crippen LogP contribution in [0, 0.1) is 13.8 Å². The van der Waals surface area contributed by atoms with Crippen LogP contribution in [0.2, 0.25) is 0 Å². The van der Waals surface area contributed by atoms with Crippen molar-refractivity contribution in [2.24, 2.45) is 0 Å². The van der Waals surface area contributed by atoms with Gasteiger partial charge in [-0.15, -0.1) is 0 Å². The highest BCUT2D eigenvalue weighted by molar-refractivity contribution is 6.22. The van der Waals surface area contributed by atoms with E-state index in [2.05, 4.69) is 11.5 Å². The average molecular weight is 453 g/mol. The number of hydrogen-bond donors (Lipinski definition) is 0. The van der Waals surface area contributed by atoms with Gasteiger partial charge in [0.2, 0.25) is 5.78 Å². The highest BCUT2D eigenvalue weighted by Crippen LogP contribution is 2.26. The summed E-state index contributed by atoms with van der Waals surface area (Å²) in [5.74, 6) is -1.83. The summed E-state index contributed by atoms with van der Waals surface area (Å²) < 4.78 is 12.8. The third kappa shape index (κ3) is 4.35. The molecule has 2 aliphatic rings. The van der Waals surface area contributed by atoms with Gasteiger partial charge in [-0.2, -0.15) is 0 Å². The molecule has 2 aromatic rings. The Morgan fingerprint density at radius 3 is 2.58 bits per heavy atom. The Kier molecular flexibility index (Phi) is 6.47. The molecule has 3 heterocycles. The van der Waals surface area contributed by atoms with Crippen molar-refractivity contribution in [2.75, 3.05) is 19.8 Å². The number of imide groups is 1. The maximum Gasteiger partial charge on any atom is 0.338 e. The first-order valence-electron chi connectivity index (χ1n) is 11.3. The van der Waals surface area contributed by atoms with E-state index in [9.17, 15) is 19.2 Å². The normalized spacial score (nSPS) is 17.5. The maximum absolute atomic E-state index is 12.8. The minimum absolute atomic E-state index is 0.123. The standard InChI is InChI=1S/C25H28N2O6/c1-4-9-26-15(2)11-20(16(26)3)22(28)14-33-25(31)17-7-8-19-21(12-17)24(30)27(23(19)29)13-18-6-5-10-32-18/h7-8,11-12,18H,4-6,9-10,13-14H2,1-3H3. The first-order valence-corrected chi connectivity index (χ1v) is 11.3. The number of ether oxygens (including phenoxy) is 2. The SMILES string of the molecule is CCCn1c(C)cc(C(=O)COC(=O)c2ccc3c(c2)C(=O)N(CC2CCCO2)C3=O)c1C. The highest BCUT2D eigenvalue weighted by atomic mass is 16.5. The Morgan fingerprint density at radius 1 is 1.12 bits per heavy atom. The van der Waals surface area contributed by atoms with Crippen LogP contribution < -0.4 is 0 Å². The Balaban J connectivity index is 1.43. The number of aromatic nitrogens is 1. The molecule has 4 rings (SSSR count). The number of Topliss-reactive ketones (excluding diaryl/α,β-unsaturated/α-hetero) is 1. The molecule has 0 spiro atoms. The van der Waals surface area contributed by atoms with Crippen LogP contribution in [-0.2, 0) is 16.0 Å². The molecule has 1 saturated heterocycles. The molecule has 1 fully saturated rings. The number of carbonyl (C=O) groups is 4. The Bertz CT molecular complexity index is 1130. The highest BCUT2D eigenvalue weighted by Gasteiger charge is 2.38. The molecule has 2 amide bonds. The van der Waals surface area contributed by atoms with Crippen LogP contribution in [0.25, 0.3) is 0 Å². The van der Waals surface area contributed by atoms with E-state index in [1.165, 1.54) is 23.1 Å². The second-order valence-electron chi connectivity index (χ2n) is 8.55. The zero-order valence-electron chi connectivity index (χ0n) is 19.2. The molecular weight excluding hydrogens is 424 g/mol. The number of aryl methyl sites for hydroxylation is 1. The van der Waals surface area contributed by atoms with Gasteiger partial charge in [-0.05, 0) is 57.4 Å². The number of ketones is 1. The predicted octanol–water partition coefficient (Wildman–Crippen LogP) is 3.33. The number of fused-ring (bicyclic) bond motifs is 1. The van der Waals surface area contributed by atoms with E-state index in [0.29, 0.717) is 12.2 Å². The summed E-state index contributed by atoms with van der Waals surface area (Å²) in [4.78, 5) is 51.8. The van der Waals surface area contributed by atoms with Gasteiger partial charge in [0.15, 0.2) is 6.61 Å². The second kappa shape index (κ2) is 9.31. The fraction of sp³-hybridized carbons (Fsp3) is 0.440. The van der Waals surface area contributed by atoms with E-state index < -0.39 is 18.5 Å². The summed E-state index contributed by atoms with van der Waals surface area (Å²) in [7, 11) is 0. The van der Waals surface area contributed by atoms with Gasteiger partial charge in [0.1, 0.15) is 0 Å². The van der Waals surface area contributed by atoms with Crippen LogP contribution in [-0.4, -0.2) is 58.9 Å². The fourth-order valence-electron chi connectivity index (χ4n) is 4.52. The maximum atomic E-state index is 12.8. The molecule has 8 nitrogen and oxygen atoms in total. The van der Waals surface area contributed by atoms with Gasteiger partial charge in [0.25, 0.3) is 11.8 Å². The van der Waals surface area contributed by atoms with E-state index in [4.69, 9.17) is 9.47 Å². The number of amides is 2. The molecule has 33 heavy (non-hydrogen) atoms. The van der Waals surface area contributed by atoms with Crippen molar-refractivity contribution in [1.29, 1.82) is 0 Å². The van der Waals surface area contributed by atoms with Crippen LogP contribution in [0.5, 0.6) is 0 Å². The molecule has 0 aliphatic carbocycles. The molecule has 2 aliphatic heterocycles. The Labute approximate surface area is 192 Å². The summed E-state index contributed by atoms with van der Waals surface area (Å²) >= 11 is 0. The third-order valence-corrected chi connectivity index (χ3v) is 6.27. The van der Waals surface area contributed by atoms with Crippen molar-refractivity contribution in [3.8, 4) is 0 Å². The summed E-state index contributed by atoms with van der Waals surface area (Å²) in [6.07, 6.45) is 2.51. The van der Waals surface area contributed by atoms with E-state index in [0.717, 1.165) is 37.2 Å². The van der Waals surface area contributed by atoms with Gasteiger partial charge < -0.3 is 14.0 Å². The van der Waals surface area contributed by atoms with Crippen LogP contribution in [0.1, 0.15) is 79.0 Å². The van der Waals surface area contributed by atoms with Gasteiger partial charge in [-0.3, -0.25) is 19.3 Å².